The van der Waals surface area contributed by atoms with Gasteiger partial charge < -0.3 is 15.3 Å². The third-order valence-corrected chi connectivity index (χ3v) is 9.77. The summed E-state index contributed by atoms with van der Waals surface area (Å²) in [6.45, 7) is 9.11. The number of piperidine rings is 1. The van der Waals surface area contributed by atoms with E-state index in [1.807, 2.05) is 6.92 Å². The maximum Gasteiger partial charge on any atom is 0.227 e. The van der Waals surface area contributed by atoms with Crippen molar-refractivity contribution in [3.8, 4) is 6.07 Å². The first-order chi connectivity index (χ1) is 18.7. The maximum absolute atomic E-state index is 11.9. The number of aromatic nitrogens is 2. The van der Waals surface area contributed by atoms with Crippen molar-refractivity contribution < 1.29 is 13.5 Å². The molecule has 0 aliphatic carbocycles. The van der Waals surface area contributed by atoms with Crippen LogP contribution in [-0.4, -0.2) is 98.0 Å². The van der Waals surface area contributed by atoms with Gasteiger partial charge in [0, 0.05) is 56.6 Å². The van der Waals surface area contributed by atoms with Crippen molar-refractivity contribution >= 4 is 33.2 Å². The van der Waals surface area contributed by atoms with Crippen LogP contribution in [0.1, 0.15) is 36.9 Å². The lowest BCUT2D eigenvalue weighted by Gasteiger charge is -2.51. The van der Waals surface area contributed by atoms with Crippen molar-refractivity contribution in [3.63, 3.8) is 0 Å². The second kappa shape index (κ2) is 11.6. The Morgan fingerprint density at radius 3 is 2.67 bits per heavy atom. The molecule has 2 aromatic rings. The van der Waals surface area contributed by atoms with Crippen LogP contribution in [0.4, 0.5) is 11.8 Å². The van der Waals surface area contributed by atoms with Gasteiger partial charge in [0.25, 0.3) is 0 Å². The van der Waals surface area contributed by atoms with Crippen LogP contribution in [0.25, 0.3) is 0 Å². The molecule has 0 bridgehead atoms. The molecule has 3 aliphatic rings. The van der Waals surface area contributed by atoms with Crippen LogP contribution >= 0.6 is 11.6 Å². The molecule has 210 valence electrons. The van der Waals surface area contributed by atoms with E-state index in [1.54, 1.807) is 12.3 Å². The van der Waals surface area contributed by atoms with Crippen LogP contribution in [0.3, 0.4) is 0 Å². The molecule has 2 unspecified atom stereocenters. The van der Waals surface area contributed by atoms with E-state index in [1.165, 1.54) is 25.0 Å². The summed E-state index contributed by atoms with van der Waals surface area (Å²) in [6.07, 6.45) is 5.17. The van der Waals surface area contributed by atoms with Crippen molar-refractivity contribution in [2.45, 2.75) is 36.7 Å². The second-order valence-corrected chi connectivity index (χ2v) is 13.5. The fourth-order valence-corrected chi connectivity index (χ4v) is 6.97. The summed E-state index contributed by atoms with van der Waals surface area (Å²) in [5, 5.41) is 22.4. The minimum Gasteiger partial charge on any atom is -0.395 e. The zero-order valence-corrected chi connectivity index (χ0v) is 24.0. The Bertz CT molecular complexity index is 1340. The summed E-state index contributed by atoms with van der Waals surface area (Å²) in [6, 6.07) is 7.13. The molecule has 3 fully saturated rings. The van der Waals surface area contributed by atoms with Crippen LogP contribution < -0.4 is 10.2 Å². The first kappa shape index (κ1) is 28.1. The normalized spacial score (nSPS) is 22.1. The Morgan fingerprint density at radius 2 is 2.00 bits per heavy atom. The highest BCUT2D eigenvalue weighted by Crippen LogP contribution is 2.35. The molecule has 2 N–H and O–H groups in total. The number of nitrogens with zero attached hydrogens (tertiary/aromatic N) is 6. The van der Waals surface area contributed by atoms with Gasteiger partial charge in [0.2, 0.25) is 5.95 Å². The number of β-amino-alcohol motifs (C(OH)–C–C–N with tert-alkyl or cyclic N) is 1. The first-order valence-corrected chi connectivity index (χ1v) is 15.8. The van der Waals surface area contributed by atoms with E-state index in [9.17, 15) is 13.7 Å². The van der Waals surface area contributed by atoms with Gasteiger partial charge >= 0.3 is 0 Å². The predicted octanol–water partition coefficient (Wildman–Crippen LogP) is 2.40. The van der Waals surface area contributed by atoms with Gasteiger partial charge in [-0.15, -0.1) is 0 Å². The molecule has 10 nitrogen and oxygen atoms in total. The number of hydrogen-bond acceptors (Lipinski definition) is 10. The summed E-state index contributed by atoms with van der Waals surface area (Å²) >= 11 is 6.41. The fourth-order valence-electron chi connectivity index (χ4n) is 5.92. The monoisotopic (exact) mass is 573 g/mol. The first-order valence-electron chi connectivity index (χ1n) is 13.5. The quantitative estimate of drug-likeness (QED) is 0.462. The lowest BCUT2D eigenvalue weighted by Crippen LogP contribution is -2.63. The number of sulfone groups is 1. The molecule has 0 amide bonds. The maximum atomic E-state index is 11.9. The molecular formula is C27H36ClN7O3S. The minimum atomic E-state index is -3.36. The number of likely N-dealkylation sites (tertiary alicyclic amines) is 2. The van der Waals surface area contributed by atoms with Gasteiger partial charge in [-0.25, -0.2) is 13.4 Å². The number of rotatable bonds is 9. The van der Waals surface area contributed by atoms with Crippen molar-refractivity contribution in [2.24, 2.45) is 11.8 Å². The molecule has 3 saturated heterocycles. The zero-order chi connectivity index (χ0) is 27.7. The van der Waals surface area contributed by atoms with Crippen molar-refractivity contribution in [2.75, 3.05) is 68.9 Å². The van der Waals surface area contributed by atoms with Crippen LogP contribution in [0.15, 0.2) is 29.3 Å². The Labute approximate surface area is 235 Å². The predicted molar refractivity (Wildman–Crippen MR) is 151 cm³/mol. The number of nitrogens with one attached hydrogen (secondary N) is 1. The number of hydrogen-bond donors (Lipinski definition) is 2. The van der Waals surface area contributed by atoms with Crippen LogP contribution in [0, 0.1) is 23.2 Å². The fraction of sp³-hybridized carbons (Fsp3) is 0.593. The molecule has 5 rings (SSSR count). The highest BCUT2D eigenvalue weighted by atomic mass is 35.5. The van der Waals surface area contributed by atoms with E-state index in [0.717, 1.165) is 52.1 Å². The molecule has 3 aliphatic heterocycles. The van der Waals surface area contributed by atoms with Gasteiger partial charge in [0.15, 0.2) is 9.84 Å². The lowest BCUT2D eigenvalue weighted by molar-refractivity contribution is -0.00709. The molecule has 12 heteroatoms. The number of halogens is 1. The number of aliphatic hydroxyl groups is 1. The summed E-state index contributed by atoms with van der Waals surface area (Å²) in [7, 11) is -3.36. The van der Waals surface area contributed by atoms with Crippen molar-refractivity contribution in [3.05, 3.63) is 40.5 Å². The summed E-state index contributed by atoms with van der Waals surface area (Å²) < 4.78 is 23.7. The second-order valence-electron chi connectivity index (χ2n) is 11.1. The molecule has 1 aromatic carbocycles. The Morgan fingerprint density at radius 1 is 1.23 bits per heavy atom. The average Bonchev–Trinajstić information content (AvgIpc) is 2.85. The Balaban J connectivity index is 1.20. The summed E-state index contributed by atoms with van der Waals surface area (Å²) in [5.74, 6) is 2.30. The van der Waals surface area contributed by atoms with Crippen molar-refractivity contribution in [1.29, 1.82) is 5.26 Å². The molecule has 1 aromatic heterocycles. The third-order valence-electron chi connectivity index (χ3n) is 8.34. The van der Waals surface area contributed by atoms with E-state index >= 15 is 0 Å². The van der Waals surface area contributed by atoms with Gasteiger partial charge in [-0.05, 0) is 55.8 Å². The molecule has 0 saturated carbocycles. The summed E-state index contributed by atoms with van der Waals surface area (Å²) in [5.41, 5.74) is 1.05. The molecule has 2 atom stereocenters. The number of benzene rings is 1. The smallest absolute Gasteiger partial charge is 0.227 e. The zero-order valence-electron chi connectivity index (χ0n) is 22.4. The molecule has 0 spiro atoms. The highest BCUT2D eigenvalue weighted by Gasteiger charge is 2.40. The van der Waals surface area contributed by atoms with Gasteiger partial charge in [0.05, 0.1) is 23.7 Å². The average molecular weight is 574 g/mol. The molecule has 39 heavy (non-hydrogen) atoms. The van der Waals surface area contributed by atoms with E-state index < -0.39 is 9.84 Å². The van der Waals surface area contributed by atoms with Gasteiger partial charge in [-0.1, -0.05) is 17.7 Å². The number of aliphatic hydroxyl groups excluding tert-OH is 1. The van der Waals surface area contributed by atoms with Crippen LogP contribution in [-0.2, 0) is 9.84 Å². The summed E-state index contributed by atoms with van der Waals surface area (Å²) in [4.78, 5) is 16.4. The topological polar surface area (TPSA) is 126 Å². The minimum absolute atomic E-state index is 0.162. The SMILES string of the molecule is CC(Nc1nc(N2CC(C3CCCN(C4CN(CCO)C4)C3)C2)ncc1C#N)c1ccc(S(C)(=O)=O)cc1Cl. The van der Waals surface area contributed by atoms with Crippen LogP contribution in [0.2, 0.25) is 5.02 Å². The highest BCUT2D eigenvalue weighted by molar-refractivity contribution is 7.90. The standard InChI is InChI=1S/C27H36ClN7O3S/c1-18(24-6-5-23(10-25(24)28)39(2,37)38)31-26-20(11-29)12-30-27(32-26)35-14-21(15-35)19-4-3-7-34(13-19)22-16-33(17-22)8-9-36/h5-6,10,12,18-19,21-22,36H,3-4,7-9,13-17H2,1-2H3,(H,30,31,32). The Hall–Kier alpha value is -2.49. The van der Waals surface area contributed by atoms with E-state index in [0.29, 0.717) is 45.8 Å². The van der Waals surface area contributed by atoms with Gasteiger partial charge in [0.1, 0.15) is 17.5 Å². The van der Waals surface area contributed by atoms with Crippen molar-refractivity contribution in [1.82, 2.24) is 19.8 Å². The van der Waals surface area contributed by atoms with E-state index in [4.69, 9.17) is 21.7 Å². The number of nitriles is 1. The Kier molecular flexibility index (Phi) is 8.31. The lowest BCUT2D eigenvalue weighted by atomic mass is 9.80. The molecule has 0 radical (unpaired) electrons. The number of anilines is 2. The van der Waals surface area contributed by atoms with Gasteiger partial charge in [-0.3, -0.25) is 9.80 Å². The third kappa shape index (κ3) is 6.15. The molecule has 4 heterocycles. The van der Waals surface area contributed by atoms with E-state index in [-0.39, 0.29) is 17.5 Å². The largest absolute Gasteiger partial charge is 0.395 e. The van der Waals surface area contributed by atoms with Crippen LogP contribution in [0.5, 0.6) is 0 Å². The van der Waals surface area contributed by atoms with E-state index in [2.05, 4.69) is 31.1 Å². The molecular weight excluding hydrogens is 538 g/mol. The van der Waals surface area contributed by atoms with Gasteiger partial charge in [-0.2, -0.15) is 10.2 Å².